The molecule has 0 spiro atoms. The Kier molecular flexibility index (Phi) is 6.02. The van der Waals surface area contributed by atoms with Gasteiger partial charge in [0.2, 0.25) is 0 Å². The lowest BCUT2D eigenvalue weighted by Gasteiger charge is -2.21. The summed E-state index contributed by atoms with van der Waals surface area (Å²) in [5.74, 6) is 0.653. The molecule has 0 unspecified atom stereocenters. The molecule has 0 aromatic heterocycles. The highest BCUT2D eigenvalue weighted by Crippen LogP contribution is 2.19. The van der Waals surface area contributed by atoms with Crippen molar-refractivity contribution in [3.8, 4) is 5.75 Å². The fourth-order valence-electron chi connectivity index (χ4n) is 2.60. The molecule has 0 aliphatic carbocycles. The maximum Gasteiger partial charge on any atom is 0.261 e. The lowest BCUT2D eigenvalue weighted by Crippen LogP contribution is -2.39. The van der Waals surface area contributed by atoms with Crippen LogP contribution in [0.4, 0.5) is 0 Å². The predicted octanol–water partition coefficient (Wildman–Crippen LogP) is 4.65. The smallest absolute Gasteiger partial charge is 0.261 e. The molecule has 2 aromatic rings. The van der Waals surface area contributed by atoms with Gasteiger partial charge in [0.1, 0.15) is 5.75 Å². The topological polar surface area (TPSA) is 38.3 Å². The van der Waals surface area contributed by atoms with E-state index < -0.39 is 6.10 Å². The molecule has 24 heavy (non-hydrogen) atoms. The summed E-state index contributed by atoms with van der Waals surface area (Å²) in [5.41, 5.74) is 4.71. The molecule has 0 saturated carbocycles. The lowest BCUT2D eigenvalue weighted by atomic mass is 10.0. The highest BCUT2D eigenvalue weighted by Gasteiger charge is 2.20. The van der Waals surface area contributed by atoms with Crippen molar-refractivity contribution in [2.45, 2.75) is 53.2 Å². The summed E-state index contributed by atoms with van der Waals surface area (Å²) in [6.07, 6.45) is 0.139. The third kappa shape index (κ3) is 4.60. The number of benzene rings is 2. The number of carbonyl (C=O) groups excluding carboxylic acids is 1. The first-order valence-electron chi connectivity index (χ1n) is 8.51. The Labute approximate surface area is 145 Å². The van der Waals surface area contributed by atoms with Crippen molar-refractivity contribution in [1.82, 2.24) is 5.32 Å². The third-order valence-corrected chi connectivity index (χ3v) is 4.32. The van der Waals surface area contributed by atoms with Crippen LogP contribution in [-0.2, 0) is 4.79 Å². The van der Waals surface area contributed by atoms with Gasteiger partial charge in [-0.3, -0.25) is 4.79 Å². The molecule has 1 N–H and O–H groups in total. The second-order valence-corrected chi connectivity index (χ2v) is 6.41. The van der Waals surface area contributed by atoms with E-state index in [1.54, 1.807) is 0 Å². The number of nitrogens with one attached hydrogen (secondary N) is 1. The van der Waals surface area contributed by atoms with Gasteiger partial charge < -0.3 is 10.1 Å². The zero-order valence-corrected chi connectivity index (χ0v) is 15.2. The Balaban J connectivity index is 2.04. The fraction of sp³-hybridized carbons (Fsp3) is 0.381. The second kappa shape index (κ2) is 8.00. The zero-order chi connectivity index (χ0) is 17.7. The summed E-state index contributed by atoms with van der Waals surface area (Å²) < 4.78 is 5.87. The molecule has 3 nitrogen and oxygen atoms in total. The van der Waals surface area contributed by atoms with Crippen LogP contribution in [0.5, 0.6) is 5.75 Å². The van der Waals surface area contributed by atoms with Crippen molar-refractivity contribution in [3.63, 3.8) is 0 Å². The van der Waals surface area contributed by atoms with E-state index in [2.05, 4.69) is 37.4 Å². The van der Waals surface area contributed by atoms with Crippen molar-refractivity contribution in [2.75, 3.05) is 0 Å². The van der Waals surface area contributed by atoms with Gasteiger partial charge in [-0.25, -0.2) is 0 Å². The van der Waals surface area contributed by atoms with Crippen LogP contribution < -0.4 is 10.1 Å². The van der Waals surface area contributed by atoms with Crippen LogP contribution in [0, 0.1) is 20.8 Å². The molecule has 0 heterocycles. The minimum absolute atomic E-state index is 0.0491. The minimum atomic E-state index is -0.485. The van der Waals surface area contributed by atoms with Crippen LogP contribution in [-0.4, -0.2) is 12.0 Å². The van der Waals surface area contributed by atoms with Crippen molar-refractivity contribution in [1.29, 1.82) is 0 Å². The SMILES string of the molecule is CC[C@@H](Oc1cccc(C)c1)C(=O)N[C@@H](C)c1ccc(C)c(C)c1. The number of carbonyl (C=O) groups is 1. The molecule has 0 bridgehead atoms. The van der Waals surface area contributed by atoms with Gasteiger partial charge >= 0.3 is 0 Å². The summed E-state index contributed by atoms with van der Waals surface area (Å²) in [5, 5.41) is 3.06. The number of ether oxygens (including phenoxy) is 1. The van der Waals surface area contributed by atoms with Gasteiger partial charge in [-0.15, -0.1) is 0 Å². The molecule has 128 valence electrons. The molecule has 1 amide bonds. The number of hydrogen-bond donors (Lipinski definition) is 1. The highest BCUT2D eigenvalue weighted by molar-refractivity contribution is 5.81. The third-order valence-electron chi connectivity index (χ3n) is 4.32. The Morgan fingerprint density at radius 1 is 1.08 bits per heavy atom. The van der Waals surface area contributed by atoms with Gasteiger partial charge in [0.05, 0.1) is 6.04 Å². The van der Waals surface area contributed by atoms with E-state index in [0.29, 0.717) is 6.42 Å². The van der Waals surface area contributed by atoms with E-state index in [0.717, 1.165) is 16.9 Å². The van der Waals surface area contributed by atoms with Gasteiger partial charge in [-0.05, 0) is 68.5 Å². The molecule has 0 fully saturated rings. The molecule has 0 radical (unpaired) electrons. The molecule has 3 heteroatoms. The standard InChI is InChI=1S/C21H27NO2/c1-6-20(24-19-9-7-8-14(2)12-19)21(23)22-17(5)18-11-10-15(3)16(4)13-18/h7-13,17,20H,6H2,1-5H3,(H,22,23)/t17-,20+/m0/s1. The van der Waals surface area contributed by atoms with Crippen molar-refractivity contribution < 1.29 is 9.53 Å². The Morgan fingerprint density at radius 3 is 2.46 bits per heavy atom. The Morgan fingerprint density at radius 2 is 1.83 bits per heavy atom. The molecule has 0 aliphatic heterocycles. The van der Waals surface area contributed by atoms with Gasteiger partial charge in [0.15, 0.2) is 6.10 Å². The number of hydrogen-bond acceptors (Lipinski definition) is 2. The van der Waals surface area contributed by atoms with Gasteiger partial charge in [0.25, 0.3) is 5.91 Å². The van der Waals surface area contributed by atoms with Crippen LogP contribution in [0.3, 0.4) is 0 Å². The first-order valence-corrected chi connectivity index (χ1v) is 8.51. The summed E-state index contributed by atoms with van der Waals surface area (Å²) in [6.45, 7) is 10.1. The molecule has 0 aliphatic rings. The summed E-state index contributed by atoms with van der Waals surface area (Å²) in [6, 6.07) is 14.0. The molecule has 2 rings (SSSR count). The van der Waals surface area contributed by atoms with E-state index in [1.807, 2.05) is 45.0 Å². The van der Waals surface area contributed by atoms with Gasteiger partial charge in [-0.1, -0.05) is 37.3 Å². The van der Waals surface area contributed by atoms with Crippen LogP contribution in [0.25, 0.3) is 0 Å². The summed E-state index contributed by atoms with van der Waals surface area (Å²) >= 11 is 0. The molecule has 2 aromatic carbocycles. The number of amides is 1. The Hall–Kier alpha value is -2.29. The van der Waals surface area contributed by atoms with Crippen LogP contribution in [0.2, 0.25) is 0 Å². The molecular weight excluding hydrogens is 298 g/mol. The predicted molar refractivity (Wildman–Crippen MR) is 98.4 cm³/mol. The maximum absolute atomic E-state index is 12.6. The van der Waals surface area contributed by atoms with E-state index in [1.165, 1.54) is 11.1 Å². The van der Waals surface area contributed by atoms with E-state index >= 15 is 0 Å². The number of aryl methyl sites for hydroxylation is 3. The van der Waals surface area contributed by atoms with Crippen molar-refractivity contribution in [3.05, 3.63) is 64.7 Å². The maximum atomic E-state index is 12.6. The average molecular weight is 325 g/mol. The number of rotatable bonds is 6. The summed E-state index contributed by atoms with van der Waals surface area (Å²) in [4.78, 5) is 12.6. The van der Waals surface area contributed by atoms with Gasteiger partial charge in [0, 0.05) is 0 Å². The molecule has 0 saturated heterocycles. The minimum Gasteiger partial charge on any atom is -0.481 e. The van der Waals surface area contributed by atoms with Crippen molar-refractivity contribution >= 4 is 5.91 Å². The van der Waals surface area contributed by atoms with Crippen LogP contribution in [0.1, 0.15) is 48.6 Å². The Bertz CT molecular complexity index is 709. The molecule has 2 atom stereocenters. The van der Waals surface area contributed by atoms with E-state index in [-0.39, 0.29) is 11.9 Å². The van der Waals surface area contributed by atoms with Crippen molar-refractivity contribution in [2.24, 2.45) is 0 Å². The van der Waals surface area contributed by atoms with E-state index in [9.17, 15) is 4.79 Å². The second-order valence-electron chi connectivity index (χ2n) is 6.41. The van der Waals surface area contributed by atoms with Gasteiger partial charge in [-0.2, -0.15) is 0 Å². The highest BCUT2D eigenvalue weighted by atomic mass is 16.5. The van der Waals surface area contributed by atoms with Crippen LogP contribution in [0.15, 0.2) is 42.5 Å². The normalized spacial score (nSPS) is 13.2. The quantitative estimate of drug-likeness (QED) is 0.840. The molecular formula is C21H27NO2. The average Bonchev–Trinajstić information content (AvgIpc) is 2.55. The first kappa shape index (κ1) is 18.1. The zero-order valence-electron chi connectivity index (χ0n) is 15.2. The van der Waals surface area contributed by atoms with E-state index in [4.69, 9.17) is 4.74 Å². The fourth-order valence-corrected chi connectivity index (χ4v) is 2.60. The summed E-state index contributed by atoms with van der Waals surface area (Å²) in [7, 11) is 0. The largest absolute Gasteiger partial charge is 0.481 e. The van der Waals surface area contributed by atoms with Crippen LogP contribution >= 0.6 is 0 Å². The monoisotopic (exact) mass is 325 g/mol. The first-order chi connectivity index (χ1) is 11.4. The lowest BCUT2D eigenvalue weighted by molar-refractivity contribution is -0.128.